The lowest BCUT2D eigenvalue weighted by Crippen LogP contribution is -2.62. The van der Waals surface area contributed by atoms with Crippen molar-refractivity contribution in [3.63, 3.8) is 0 Å². The Kier molecular flexibility index (Phi) is 3.13. The van der Waals surface area contributed by atoms with Crippen LogP contribution in [0, 0.1) is 17.3 Å². The van der Waals surface area contributed by atoms with Crippen molar-refractivity contribution >= 4 is 5.91 Å². The molecule has 118 valence electrons. The summed E-state index contributed by atoms with van der Waals surface area (Å²) in [4.78, 5) is 12.1. The van der Waals surface area contributed by atoms with Crippen LogP contribution in [0.15, 0.2) is 0 Å². The normalized spacial score (nSPS) is 45.6. The maximum atomic E-state index is 12.1. The lowest BCUT2D eigenvalue weighted by molar-refractivity contribution is -0.173. The van der Waals surface area contributed by atoms with Crippen molar-refractivity contribution in [2.24, 2.45) is 17.3 Å². The number of carbonyl (C=O) groups excluding carboxylic acids is 1. The number of amides is 1. The van der Waals surface area contributed by atoms with Gasteiger partial charge in [-0.15, -0.1) is 0 Å². The van der Waals surface area contributed by atoms with Crippen molar-refractivity contribution < 1.29 is 9.90 Å². The summed E-state index contributed by atoms with van der Waals surface area (Å²) in [5.41, 5.74) is -0.288. The molecule has 3 atom stereocenters. The third kappa shape index (κ3) is 2.61. The molecule has 0 aliphatic heterocycles. The Balaban J connectivity index is 1.41. The first kappa shape index (κ1) is 14.0. The van der Waals surface area contributed by atoms with Crippen LogP contribution in [0.25, 0.3) is 0 Å². The van der Waals surface area contributed by atoms with E-state index in [0.717, 1.165) is 19.3 Å². The number of nitrogens with one attached hydrogen (secondary N) is 2. The standard InChI is InChI=1S/C17H28N2O2/c1-11(19-15(20)9-18-14-2-3-14)16-5-12-4-13(6-16)8-17(21,7-12)10-16/h11-14,18,21H,2-10H2,1H3,(H,19,20). The molecule has 0 aromatic heterocycles. The van der Waals surface area contributed by atoms with E-state index in [1.807, 2.05) is 0 Å². The van der Waals surface area contributed by atoms with Gasteiger partial charge in [0.2, 0.25) is 5.91 Å². The summed E-state index contributed by atoms with van der Waals surface area (Å²) in [6, 6.07) is 0.759. The van der Waals surface area contributed by atoms with Gasteiger partial charge in [-0.3, -0.25) is 4.79 Å². The zero-order valence-electron chi connectivity index (χ0n) is 13.0. The summed E-state index contributed by atoms with van der Waals surface area (Å²) < 4.78 is 0. The van der Waals surface area contributed by atoms with Gasteiger partial charge in [-0.2, -0.15) is 0 Å². The summed E-state index contributed by atoms with van der Waals surface area (Å²) >= 11 is 0. The van der Waals surface area contributed by atoms with E-state index in [0.29, 0.717) is 24.4 Å². The summed E-state index contributed by atoms with van der Waals surface area (Å²) in [7, 11) is 0. The quantitative estimate of drug-likeness (QED) is 0.721. The zero-order chi connectivity index (χ0) is 14.7. The van der Waals surface area contributed by atoms with Gasteiger partial charge in [-0.05, 0) is 75.5 Å². The molecule has 4 bridgehead atoms. The van der Waals surface area contributed by atoms with Crippen molar-refractivity contribution in [2.45, 2.75) is 76.0 Å². The maximum Gasteiger partial charge on any atom is 0.234 e. The lowest BCUT2D eigenvalue weighted by atomic mass is 9.46. The molecule has 21 heavy (non-hydrogen) atoms. The Morgan fingerprint density at radius 2 is 1.90 bits per heavy atom. The Labute approximate surface area is 127 Å². The molecular weight excluding hydrogens is 264 g/mol. The van der Waals surface area contributed by atoms with Gasteiger partial charge in [0.15, 0.2) is 0 Å². The third-order valence-corrected chi connectivity index (χ3v) is 6.50. The smallest absolute Gasteiger partial charge is 0.234 e. The van der Waals surface area contributed by atoms with E-state index in [1.54, 1.807) is 0 Å². The van der Waals surface area contributed by atoms with E-state index in [9.17, 15) is 9.90 Å². The second-order valence-electron chi connectivity index (χ2n) is 8.49. The topological polar surface area (TPSA) is 61.4 Å². The number of rotatable bonds is 5. The van der Waals surface area contributed by atoms with Crippen molar-refractivity contribution in [3.8, 4) is 0 Å². The van der Waals surface area contributed by atoms with Gasteiger partial charge in [-0.1, -0.05) is 0 Å². The largest absolute Gasteiger partial charge is 0.390 e. The lowest BCUT2D eigenvalue weighted by Gasteiger charge is -2.62. The molecule has 5 aliphatic rings. The number of carbonyl (C=O) groups is 1. The van der Waals surface area contributed by atoms with E-state index in [2.05, 4.69) is 17.6 Å². The average molecular weight is 292 g/mol. The van der Waals surface area contributed by atoms with E-state index < -0.39 is 5.60 Å². The fraction of sp³-hybridized carbons (Fsp3) is 0.941. The monoisotopic (exact) mass is 292 g/mol. The predicted octanol–water partition coefficient (Wildman–Crippen LogP) is 1.57. The first-order valence-corrected chi connectivity index (χ1v) is 8.72. The molecule has 5 rings (SSSR count). The highest BCUT2D eigenvalue weighted by Gasteiger charge is 2.58. The molecular formula is C17H28N2O2. The minimum absolute atomic E-state index is 0.122. The summed E-state index contributed by atoms with van der Waals surface area (Å²) in [6.45, 7) is 2.60. The van der Waals surface area contributed by atoms with Gasteiger partial charge < -0.3 is 15.7 Å². The van der Waals surface area contributed by atoms with E-state index in [1.165, 1.54) is 32.1 Å². The van der Waals surface area contributed by atoms with Crippen LogP contribution < -0.4 is 10.6 Å². The zero-order valence-corrected chi connectivity index (χ0v) is 13.0. The molecule has 0 saturated heterocycles. The summed E-state index contributed by atoms with van der Waals surface area (Å²) in [5, 5.41) is 17.3. The number of aliphatic hydroxyl groups is 1. The summed E-state index contributed by atoms with van der Waals surface area (Å²) in [6.07, 6.45) is 9.00. The molecule has 5 saturated carbocycles. The highest BCUT2D eigenvalue weighted by atomic mass is 16.3. The number of hydrogen-bond acceptors (Lipinski definition) is 3. The highest BCUT2D eigenvalue weighted by molar-refractivity contribution is 5.78. The second-order valence-corrected chi connectivity index (χ2v) is 8.49. The van der Waals surface area contributed by atoms with E-state index >= 15 is 0 Å². The Bertz CT molecular complexity index is 432. The van der Waals surface area contributed by atoms with Gasteiger partial charge >= 0.3 is 0 Å². The van der Waals surface area contributed by atoms with Gasteiger partial charge in [0, 0.05) is 12.1 Å². The van der Waals surface area contributed by atoms with Crippen LogP contribution in [-0.4, -0.2) is 35.2 Å². The SMILES string of the molecule is CC(NC(=O)CNC1CC1)C12CC3CC(CC(O)(C3)C1)C2. The minimum Gasteiger partial charge on any atom is -0.390 e. The van der Waals surface area contributed by atoms with Crippen LogP contribution in [0.5, 0.6) is 0 Å². The fourth-order valence-electron chi connectivity index (χ4n) is 5.76. The molecule has 0 spiro atoms. The molecule has 1 amide bonds. The molecule has 0 radical (unpaired) electrons. The van der Waals surface area contributed by atoms with Crippen molar-refractivity contribution in [1.29, 1.82) is 0 Å². The van der Waals surface area contributed by atoms with Crippen LogP contribution in [0.2, 0.25) is 0 Å². The average Bonchev–Trinajstić information content (AvgIpc) is 3.17. The number of hydrogen-bond donors (Lipinski definition) is 3. The highest BCUT2D eigenvalue weighted by Crippen LogP contribution is 2.62. The summed E-state index contributed by atoms with van der Waals surface area (Å²) in [5.74, 6) is 1.48. The first-order valence-electron chi connectivity index (χ1n) is 8.72. The van der Waals surface area contributed by atoms with Gasteiger partial charge in [-0.25, -0.2) is 0 Å². The molecule has 4 nitrogen and oxygen atoms in total. The Morgan fingerprint density at radius 3 is 2.48 bits per heavy atom. The molecule has 0 aromatic rings. The van der Waals surface area contributed by atoms with Crippen LogP contribution in [0.3, 0.4) is 0 Å². The molecule has 0 aromatic carbocycles. The molecule has 0 heterocycles. The van der Waals surface area contributed by atoms with Gasteiger partial charge in [0.1, 0.15) is 0 Å². The minimum atomic E-state index is -0.435. The third-order valence-electron chi connectivity index (χ3n) is 6.50. The predicted molar refractivity (Wildman–Crippen MR) is 80.7 cm³/mol. The molecule has 3 unspecified atom stereocenters. The van der Waals surface area contributed by atoms with E-state index in [-0.39, 0.29) is 17.4 Å². The van der Waals surface area contributed by atoms with Crippen LogP contribution >= 0.6 is 0 Å². The van der Waals surface area contributed by atoms with Crippen molar-refractivity contribution in [3.05, 3.63) is 0 Å². The Hall–Kier alpha value is -0.610. The second kappa shape index (κ2) is 4.69. The van der Waals surface area contributed by atoms with Crippen LogP contribution in [0.1, 0.15) is 58.3 Å². The maximum absolute atomic E-state index is 12.1. The van der Waals surface area contributed by atoms with Gasteiger partial charge in [0.05, 0.1) is 12.1 Å². The van der Waals surface area contributed by atoms with Crippen LogP contribution in [0.4, 0.5) is 0 Å². The van der Waals surface area contributed by atoms with E-state index in [4.69, 9.17) is 0 Å². The Morgan fingerprint density at radius 1 is 1.24 bits per heavy atom. The van der Waals surface area contributed by atoms with Crippen LogP contribution in [-0.2, 0) is 4.79 Å². The first-order chi connectivity index (χ1) is 9.96. The fourth-order valence-corrected chi connectivity index (χ4v) is 5.76. The van der Waals surface area contributed by atoms with Crippen molar-refractivity contribution in [2.75, 3.05) is 6.54 Å². The molecule has 5 aliphatic carbocycles. The van der Waals surface area contributed by atoms with Crippen molar-refractivity contribution in [1.82, 2.24) is 10.6 Å². The molecule has 5 fully saturated rings. The molecule has 3 N–H and O–H groups in total. The molecule has 4 heteroatoms. The van der Waals surface area contributed by atoms with Gasteiger partial charge in [0.25, 0.3) is 0 Å².